The number of carbonyl (C=O) groups is 2. The molecule has 30 heavy (non-hydrogen) atoms. The van der Waals surface area contributed by atoms with Crippen LogP contribution in [0.4, 0.5) is 16.4 Å². The van der Waals surface area contributed by atoms with Crippen molar-refractivity contribution in [3.05, 3.63) is 47.3 Å². The third-order valence-electron chi connectivity index (χ3n) is 5.57. The first-order chi connectivity index (χ1) is 14.2. The van der Waals surface area contributed by atoms with Gasteiger partial charge in [-0.3, -0.25) is 9.69 Å². The molecule has 4 rings (SSSR count). The van der Waals surface area contributed by atoms with Crippen LogP contribution in [0, 0.1) is 13.8 Å². The van der Waals surface area contributed by atoms with Crippen LogP contribution >= 0.6 is 0 Å². The Morgan fingerprint density at radius 1 is 1.07 bits per heavy atom. The molecule has 0 aliphatic carbocycles. The monoisotopic (exact) mass is 408 g/mol. The van der Waals surface area contributed by atoms with Crippen LogP contribution in [-0.2, 0) is 0 Å². The Morgan fingerprint density at radius 2 is 1.80 bits per heavy atom. The summed E-state index contributed by atoms with van der Waals surface area (Å²) in [6.45, 7) is 11.4. The highest BCUT2D eigenvalue weighted by Crippen LogP contribution is 2.23. The van der Waals surface area contributed by atoms with Crippen LogP contribution in [0.2, 0.25) is 0 Å². The molecule has 2 aliphatic rings. The molecule has 3 amide bonds. The third-order valence-corrected chi connectivity index (χ3v) is 5.57. The van der Waals surface area contributed by atoms with E-state index in [2.05, 4.69) is 33.2 Å². The van der Waals surface area contributed by atoms with Crippen LogP contribution in [0.15, 0.2) is 30.6 Å². The van der Waals surface area contributed by atoms with E-state index in [1.807, 2.05) is 31.9 Å². The molecule has 4 heterocycles. The summed E-state index contributed by atoms with van der Waals surface area (Å²) >= 11 is 0. The van der Waals surface area contributed by atoms with E-state index in [0.717, 1.165) is 30.0 Å². The number of nitrogens with zero attached hydrogens (tertiary/aromatic N) is 5. The number of aryl methyl sites for hydroxylation is 2. The zero-order chi connectivity index (χ0) is 21.5. The number of hydrogen-bond acceptors (Lipinski definition) is 5. The van der Waals surface area contributed by atoms with Gasteiger partial charge in [0.2, 0.25) is 0 Å². The molecule has 0 unspecified atom stereocenters. The highest BCUT2D eigenvalue weighted by Gasteiger charge is 2.36. The highest BCUT2D eigenvalue weighted by atomic mass is 16.2. The Kier molecular flexibility index (Phi) is 5.09. The second-order valence-electron chi connectivity index (χ2n) is 8.74. The van der Waals surface area contributed by atoms with E-state index in [0.29, 0.717) is 31.0 Å². The molecule has 8 nitrogen and oxygen atoms in total. The molecule has 2 aliphatic heterocycles. The number of hydrogen-bond donors (Lipinski definition) is 1. The molecular weight excluding hydrogens is 380 g/mol. The van der Waals surface area contributed by atoms with Crippen molar-refractivity contribution in [2.24, 2.45) is 0 Å². The third kappa shape index (κ3) is 3.94. The molecule has 0 spiro atoms. The van der Waals surface area contributed by atoms with Gasteiger partial charge in [0, 0.05) is 38.6 Å². The molecule has 2 aromatic heterocycles. The maximum absolute atomic E-state index is 12.9. The van der Waals surface area contributed by atoms with Crippen molar-refractivity contribution in [2.45, 2.75) is 33.2 Å². The molecule has 2 fully saturated rings. The number of rotatable bonds is 3. The van der Waals surface area contributed by atoms with Gasteiger partial charge in [-0.25, -0.2) is 14.8 Å². The summed E-state index contributed by atoms with van der Waals surface area (Å²) in [5, 5.41) is 2.92. The van der Waals surface area contributed by atoms with Crippen LogP contribution in [-0.4, -0.2) is 65.1 Å². The van der Waals surface area contributed by atoms with Crippen LogP contribution in [0.1, 0.15) is 35.3 Å². The lowest BCUT2D eigenvalue weighted by Crippen LogP contribution is -2.49. The first-order valence-corrected chi connectivity index (χ1v) is 10.3. The van der Waals surface area contributed by atoms with Gasteiger partial charge in [-0.05, 0) is 51.0 Å². The number of urea groups is 1. The number of amides is 3. The second-order valence-corrected chi connectivity index (χ2v) is 8.74. The molecule has 1 N–H and O–H groups in total. The number of aromatic nitrogens is 2. The van der Waals surface area contributed by atoms with Crippen molar-refractivity contribution in [3.8, 4) is 0 Å². The van der Waals surface area contributed by atoms with Crippen LogP contribution < -0.4 is 15.1 Å². The van der Waals surface area contributed by atoms with Gasteiger partial charge in [0.1, 0.15) is 11.6 Å². The minimum atomic E-state index is -0.294. The zero-order valence-corrected chi connectivity index (χ0v) is 18.0. The summed E-state index contributed by atoms with van der Waals surface area (Å²) in [4.78, 5) is 39.7. The Balaban J connectivity index is 1.39. The molecule has 0 aromatic carbocycles. The number of carbonyl (C=O) groups excluding carboxylic acids is 2. The fraction of sp³-hybridized carbons (Fsp3) is 0.455. The summed E-state index contributed by atoms with van der Waals surface area (Å²) in [5.41, 5.74) is 2.55. The van der Waals surface area contributed by atoms with Crippen molar-refractivity contribution >= 4 is 23.6 Å². The summed E-state index contributed by atoms with van der Waals surface area (Å²) in [6.07, 6.45) is 3.45. The van der Waals surface area contributed by atoms with Crippen molar-refractivity contribution < 1.29 is 9.59 Å². The molecule has 0 radical (unpaired) electrons. The maximum atomic E-state index is 12.9. The molecule has 8 heteroatoms. The van der Waals surface area contributed by atoms with Crippen molar-refractivity contribution in [2.75, 3.05) is 42.5 Å². The van der Waals surface area contributed by atoms with Gasteiger partial charge >= 0.3 is 6.03 Å². The Hall–Kier alpha value is -3.16. The molecule has 2 aromatic rings. The quantitative estimate of drug-likeness (QED) is 0.843. The molecule has 0 saturated carbocycles. The topological polar surface area (TPSA) is 81.7 Å². The van der Waals surface area contributed by atoms with E-state index >= 15 is 0 Å². The SMILES string of the molecule is Cc1cnc(N2CCN(C(=O)c3ccc(N4CC(C)(C)NC4=O)nc3)CC2)c(C)c1. The maximum Gasteiger partial charge on any atom is 0.323 e. The normalized spacial score (nSPS) is 18.5. The smallest absolute Gasteiger partial charge is 0.323 e. The van der Waals surface area contributed by atoms with Gasteiger partial charge in [0.15, 0.2) is 0 Å². The molecular formula is C22H28N6O2. The lowest BCUT2D eigenvalue weighted by atomic mass is 10.1. The van der Waals surface area contributed by atoms with Gasteiger partial charge in [0.25, 0.3) is 5.91 Å². The van der Waals surface area contributed by atoms with Gasteiger partial charge in [-0.2, -0.15) is 0 Å². The first kappa shape index (κ1) is 20.1. The minimum Gasteiger partial charge on any atom is -0.353 e. The van der Waals surface area contributed by atoms with Crippen molar-refractivity contribution in [1.29, 1.82) is 0 Å². The fourth-order valence-electron chi connectivity index (χ4n) is 4.06. The molecule has 2 saturated heterocycles. The summed E-state index contributed by atoms with van der Waals surface area (Å²) < 4.78 is 0. The number of nitrogens with one attached hydrogen (secondary N) is 1. The fourth-order valence-corrected chi connectivity index (χ4v) is 4.06. The van der Waals surface area contributed by atoms with Gasteiger partial charge in [-0.15, -0.1) is 0 Å². The predicted molar refractivity (Wildman–Crippen MR) is 116 cm³/mol. The number of pyridine rings is 2. The van der Waals surface area contributed by atoms with Crippen LogP contribution in [0.5, 0.6) is 0 Å². The first-order valence-electron chi connectivity index (χ1n) is 10.3. The van der Waals surface area contributed by atoms with E-state index < -0.39 is 0 Å². The molecule has 0 bridgehead atoms. The van der Waals surface area contributed by atoms with Crippen LogP contribution in [0.3, 0.4) is 0 Å². The summed E-state index contributed by atoms with van der Waals surface area (Å²) in [7, 11) is 0. The number of piperazine rings is 1. The van der Waals surface area contributed by atoms with E-state index in [1.165, 1.54) is 0 Å². The molecule has 158 valence electrons. The second kappa shape index (κ2) is 7.59. The average molecular weight is 409 g/mol. The standard InChI is InChI=1S/C22H28N6O2/c1-15-11-16(2)19(24-12-15)26-7-9-27(10-8-26)20(29)17-5-6-18(23-13-17)28-14-22(3,4)25-21(28)30/h5-6,11-13H,7-10,14H2,1-4H3,(H,25,30). The Labute approximate surface area is 176 Å². The van der Waals surface area contributed by atoms with Gasteiger partial charge in [-0.1, -0.05) is 6.07 Å². The van der Waals surface area contributed by atoms with E-state index in [1.54, 1.807) is 23.2 Å². The van der Waals surface area contributed by atoms with Crippen molar-refractivity contribution in [1.82, 2.24) is 20.2 Å². The van der Waals surface area contributed by atoms with E-state index in [9.17, 15) is 9.59 Å². The molecule has 0 atom stereocenters. The summed E-state index contributed by atoms with van der Waals surface area (Å²) in [5.74, 6) is 1.51. The minimum absolute atomic E-state index is 0.0338. The largest absolute Gasteiger partial charge is 0.353 e. The van der Waals surface area contributed by atoms with E-state index in [-0.39, 0.29) is 17.5 Å². The van der Waals surface area contributed by atoms with Crippen molar-refractivity contribution in [3.63, 3.8) is 0 Å². The zero-order valence-electron chi connectivity index (χ0n) is 18.0. The summed E-state index contributed by atoms with van der Waals surface area (Å²) in [6, 6.07) is 5.46. The average Bonchev–Trinajstić information content (AvgIpc) is 3.00. The van der Waals surface area contributed by atoms with Gasteiger partial charge < -0.3 is 15.1 Å². The number of anilines is 2. The Bertz CT molecular complexity index is 964. The van der Waals surface area contributed by atoms with E-state index in [4.69, 9.17) is 0 Å². The Morgan fingerprint density at radius 3 is 2.37 bits per heavy atom. The van der Waals surface area contributed by atoms with Crippen LogP contribution in [0.25, 0.3) is 0 Å². The highest BCUT2D eigenvalue weighted by molar-refractivity contribution is 5.96. The lowest BCUT2D eigenvalue weighted by molar-refractivity contribution is 0.0746. The predicted octanol–water partition coefficient (Wildman–Crippen LogP) is 2.36. The van der Waals surface area contributed by atoms with Gasteiger partial charge in [0.05, 0.1) is 17.6 Å². The lowest BCUT2D eigenvalue weighted by Gasteiger charge is -2.36.